The van der Waals surface area contributed by atoms with Crippen molar-refractivity contribution in [2.75, 3.05) is 13.1 Å². The van der Waals surface area contributed by atoms with Crippen molar-refractivity contribution in [3.05, 3.63) is 0 Å². The first-order chi connectivity index (χ1) is 7.60. The van der Waals surface area contributed by atoms with E-state index in [1.54, 1.807) is 0 Å². The van der Waals surface area contributed by atoms with Gasteiger partial charge in [-0.05, 0) is 18.8 Å². The predicted molar refractivity (Wildman–Crippen MR) is 65.5 cm³/mol. The van der Waals surface area contributed by atoms with Gasteiger partial charge in [0.2, 0.25) is 0 Å². The minimum atomic E-state index is -0.625. The number of carboxylic acid groups (broad SMARTS) is 1. The van der Waals surface area contributed by atoms with Gasteiger partial charge in [-0.2, -0.15) is 0 Å². The first kappa shape index (κ1) is 13.5. The van der Waals surface area contributed by atoms with E-state index in [0.29, 0.717) is 12.0 Å². The zero-order valence-electron chi connectivity index (χ0n) is 10.8. The Labute approximate surface area is 98.8 Å². The molecule has 3 nitrogen and oxygen atoms in total. The van der Waals surface area contributed by atoms with Crippen LogP contribution < -0.4 is 0 Å². The molecular formula is C13H25NO2. The van der Waals surface area contributed by atoms with E-state index in [2.05, 4.69) is 25.7 Å². The fourth-order valence-electron chi connectivity index (χ4n) is 2.71. The fraction of sp³-hybridized carbons (Fsp3) is 0.923. The molecule has 3 heteroatoms. The highest BCUT2D eigenvalue weighted by atomic mass is 16.4. The van der Waals surface area contributed by atoms with Gasteiger partial charge in [-0.15, -0.1) is 0 Å². The molecule has 1 saturated heterocycles. The number of hydrogen-bond acceptors (Lipinski definition) is 2. The van der Waals surface area contributed by atoms with Gasteiger partial charge in [-0.3, -0.25) is 9.69 Å². The number of rotatable bonds is 6. The summed E-state index contributed by atoms with van der Waals surface area (Å²) >= 11 is 0. The number of carboxylic acids is 1. The van der Waals surface area contributed by atoms with Crippen molar-refractivity contribution in [3.8, 4) is 0 Å². The van der Waals surface area contributed by atoms with Crippen molar-refractivity contribution in [1.29, 1.82) is 0 Å². The van der Waals surface area contributed by atoms with Gasteiger partial charge in [0, 0.05) is 19.1 Å². The summed E-state index contributed by atoms with van der Waals surface area (Å²) in [4.78, 5) is 13.4. The molecule has 0 amide bonds. The molecule has 1 aliphatic heterocycles. The standard InChI is InChI=1S/C13H25NO2/c1-4-6-7-11(5-2)14-8-10(3)12(9-14)13(15)16/h10-12H,4-9H2,1-3H3,(H,15,16)/t10-,11?,12-/m1/s1. The van der Waals surface area contributed by atoms with Crippen molar-refractivity contribution in [1.82, 2.24) is 4.90 Å². The van der Waals surface area contributed by atoms with Gasteiger partial charge in [0.15, 0.2) is 0 Å². The van der Waals surface area contributed by atoms with E-state index >= 15 is 0 Å². The second-order valence-corrected chi connectivity index (χ2v) is 5.08. The molecule has 0 aromatic rings. The minimum Gasteiger partial charge on any atom is -0.481 e. The van der Waals surface area contributed by atoms with Crippen LogP contribution in [0.2, 0.25) is 0 Å². The predicted octanol–water partition coefficient (Wildman–Crippen LogP) is 2.61. The Kier molecular flexibility index (Phi) is 5.26. The van der Waals surface area contributed by atoms with Crippen LogP contribution in [0.4, 0.5) is 0 Å². The number of unbranched alkanes of at least 4 members (excludes halogenated alkanes) is 1. The molecule has 0 spiro atoms. The Bertz CT molecular complexity index is 230. The van der Waals surface area contributed by atoms with Crippen LogP contribution in [0.3, 0.4) is 0 Å². The number of nitrogens with zero attached hydrogens (tertiary/aromatic N) is 1. The highest BCUT2D eigenvalue weighted by Crippen LogP contribution is 2.27. The number of aliphatic carboxylic acids is 1. The number of carbonyl (C=O) groups is 1. The molecule has 0 aliphatic carbocycles. The molecule has 1 rings (SSSR count). The van der Waals surface area contributed by atoms with Crippen molar-refractivity contribution in [2.24, 2.45) is 11.8 Å². The van der Waals surface area contributed by atoms with Crippen LogP contribution in [0.1, 0.15) is 46.5 Å². The van der Waals surface area contributed by atoms with E-state index < -0.39 is 5.97 Å². The van der Waals surface area contributed by atoms with E-state index in [4.69, 9.17) is 5.11 Å². The first-order valence-corrected chi connectivity index (χ1v) is 6.56. The molecule has 0 bridgehead atoms. The lowest BCUT2D eigenvalue weighted by atomic mass is 9.99. The second kappa shape index (κ2) is 6.24. The maximum atomic E-state index is 11.1. The highest BCUT2D eigenvalue weighted by Gasteiger charge is 2.36. The zero-order chi connectivity index (χ0) is 12.1. The largest absolute Gasteiger partial charge is 0.481 e. The van der Waals surface area contributed by atoms with E-state index in [1.165, 1.54) is 19.3 Å². The van der Waals surface area contributed by atoms with Gasteiger partial charge in [0.05, 0.1) is 5.92 Å². The van der Waals surface area contributed by atoms with Crippen molar-refractivity contribution in [3.63, 3.8) is 0 Å². The molecule has 1 fully saturated rings. The van der Waals surface area contributed by atoms with Gasteiger partial charge < -0.3 is 5.11 Å². The van der Waals surface area contributed by atoms with Gasteiger partial charge in [-0.25, -0.2) is 0 Å². The maximum absolute atomic E-state index is 11.1. The average molecular weight is 227 g/mol. The van der Waals surface area contributed by atoms with Gasteiger partial charge in [-0.1, -0.05) is 33.6 Å². The van der Waals surface area contributed by atoms with Crippen LogP contribution >= 0.6 is 0 Å². The third-order valence-corrected chi connectivity index (χ3v) is 3.84. The van der Waals surface area contributed by atoms with Crippen LogP contribution in [0.25, 0.3) is 0 Å². The van der Waals surface area contributed by atoms with Crippen LogP contribution in [0.5, 0.6) is 0 Å². The Morgan fingerprint density at radius 2 is 2.12 bits per heavy atom. The minimum absolute atomic E-state index is 0.157. The molecule has 1 heterocycles. The lowest BCUT2D eigenvalue weighted by Gasteiger charge is -2.26. The maximum Gasteiger partial charge on any atom is 0.308 e. The van der Waals surface area contributed by atoms with Gasteiger partial charge in [0.1, 0.15) is 0 Å². The third kappa shape index (κ3) is 3.21. The molecule has 0 radical (unpaired) electrons. The molecule has 16 heavy (non-hydrogen) atoms. The van der Waals surface area contributed by atoms with E-state index in [9.17, 15) is 4.79 Å². The zero-order valence-corrected chi connectivity index (χ0v) is 10.8. The van der Waals surface area contributed by atoms with Crippen molar-refractivity contribution in [2.45, 2.75) is 52.5 Å². The summed E-state index contributed by atoms with van der Waals surface area (Å²) in [5, 5.41) is 9.11. The van der Waals surface area contributed by atoms with E-state index in [-0.39, 0.29) is 5.92 Å². The molecule has 1 N–H and O–H groups in total. The topological polar surface area (TPSA) is 40.5 Å². The van der Waals surface area contributed by atoms with E-state index in [0.717, 1.165) is 19.5 Å². The number of hydrogen-bond donors (Lipinski definition) is 1. The summed E-state index contributed by atoms with van der Waals surface area (Å²) in [5.74, 6) is -0.482. The van der Waals surface area contributed by atoms with Crippen LogP contribution in [0.15, 0.2) is 0 Å². The Balaban J connectivity index is 2.51. The SMILES string of the molecule is CCCCC(CC)N1C[C@@H](C)[C@H](C(=O)O)C1. The molecule has 1 unspecified atom stereocenters. The quantitative estimate of drug-likeness (QED) is 0.758. The normalized spacial score (nSPS) is 28.2. The van der Waals surface area contributed by atoms with Crippen molar-refractivity contribution < 1.29 is 9.90 Å². The lowest BCUT2D eigenvalue weighted by Crippen LogP contribution is -2.33. The molecule has 1 aliphatic rings. The summed E-state index contributed by atoms with van der Waals surface area (Å²) in [6, 6.07) is 0.590. The van der Waals surface area contributed by atoms with E-state index in [1.807, 2.05) is 0 Å². The summed E-state index contributed by atoms with van der Waals surface area (Å²) < 4.78 is 0. The summed E-state index contributed by atoms with van der Waals surface area (Å²) in [6.07, 6.45) is 4.83. The fourth-order valence-corrected chi connectivity index (χ4v) is 2.71. The molecule has 0 aromatic heterocycles. The highest BCUT2D eigenvalue weighted by molar-refractivity contribution is 5.71. The smallest absolute Gasteiger partial charge is 0.308 e. The lowest BCUT2D eigenvalue weighted by molar-refractivity contribution is -0.142. The third-order valence-electron chi connectivity index (χ3n) is 3.84. The van der Waals surface area contributed by atoms with Crippen LogP contribution in [-0.2, 0) is 4.79 Å². The monoisotopic (exact) mass is 227 g/mol. The summed E-state index contributed by atoms with van der Waals surface area (Å²) in [5.41, 5.74) is 0. The first-order valence-electron chi connectivity index (χ1n) is 6.56. The molecule has 0 saturated carbocycles. The van der Waals surface area contributed by atoms with Crippen molar-refractivity contribution >= 4 is 5.97 Å². The Hall–Kier alpha value is -0.570. The number of likely N-dealkylation sites (tertiary alicyclic amines) is 1. The summed E-state index contributed by atoms with van der Waals surface area (Å²) in [7, 11) is 0. The Morgan fingerprint density at radius 3 is 2.56 bits per heavy atom. The summed E-state index contributed by atoms with van der Waals surface area (Å²) in [6.45, 7) is 8.18. The molecular weight excluding hydrogens is 202 g/mol. The molecule has 94 valence electrons. The van der Waals surface area contributed by atoms with Crippen LogP contribution in [-0.4, -0.2) is 35.1 Å². The van der Waals surface area contributed by atoms with Gasteiger partial charge in [0.25, 0.3) is 0 Å². The second-order valence-electron chi connectivity index (χ2n) is 5.08. The van der Waals surface area contributed by atoms with Crippen LogP contribution in [0, 0.1) is 11.8 Å². The Morgan fingerprint density at radius 1 is 1.44 bits per heavy atom. The molecule has 0 aromatic carbocycles. The van der Waals surface area contributed by atoms with Gasteiger partial charge >= 0.3 is 5.97 Å². The molecule has 3 atom stereocenters. The average Bonchev–Trinajstić information content (AvgIpc) is 2.62.